The molecule has 0 radical (unpaired) electrons. The van der Waals surface area contributed by atoms with Crippen molar-refractivity contribution in [3.63, 3.8) is 0 Å². The number of nitrogens with one attached hydrogen (secondary N) is 1. The summed E-state index contributed by atoms with van der Waals surface area (Å²) < 4.78 is 0. The maximum atomic E-state index is 11.9. The second kappa shape index (κ2) is 6.06. The molecule has 0 unspecified atom stereocenters. The molecule has 1 N–H and O–H groups in total. The molecule has 2 aliphatic rings. The zero-order valence-electron chi connectivity index (χ0n) is 13.0. The van der Waals surface area contributed by atoms with Gasteiger partial charge in [-0.25, -0.2) is 4.79 Å². The van der Waals surface area contributed by atoms with Crippen LogP contribution in [-0.4, -0.2) is 55.1 Å². The first-order chi connectivity index (χ1) is 10.1. The van der Waals surface area contributed by atoms with Crippen LogP contribution in [0.5, 0.6) is 0 Å². The van der Waals surface area contributed by atoms with Crippen molar-refractivity contribution in [2.24, 2.45) is 0 Å². The molecule has 0 bridgehead atoms. The first-order valence-electron chi connectivity index (χ1n) is 7.92. The number of benzene rings is 1. The van der Waals surface area contributed by atoms with Gasteiger partial charge in [0.05, 0.1) is 0 Å². The van der Waals surface area contributed by atoms with Crippen molar-refractivity contribution in [2.75, 3.05) is 27.2 Å². The lowest BCUT2D eigenvalue weighted by Crippen LogP contribution is -2.50. The van der Waals surface area contributed by atoms with Gasteiger partial charge >= 0.3 is 6.03 Å². The SMILES string of the molecule is CN(C)C(=O)N1CCC(NC2Cc3ccccc3C2)CC1. The van der Waals surface area contributed by atoms with Crippen molar-refractivity contribution >= 4 is 6.03 Å². The quantitative estimate of drug-likeness (QED) is 0.901. The highest BCUT2D eigenvalue weighted by Crippen LogP contribution is 2.23. The van der Waals surface area contributed by atoms with Crippen LogP contribution in [-0.2, 0) is 12.8 Å². The molecule has 1 heterocycles. The number of amides is 2. The molecule has 0 saturated carbocycles. The molecule has 0 spiro atoms. The van der Waals surface area contributed by atoms with E-state index in [4.69, 9.17) is 0 Å². The van der Waals surface area contributed by atoms with E-state index in [0.29, 0.717) is 12.1 Å². The summed E-state index contributed by atoms with van der Waals surface area (Å²) in [6, 6.07) is 10.0. The molecule has 4 heteroatoms. The van der Waals surface area contributed by atoms with Crippen LogP contribution in [0.3, 0.4) is 0 Å². The van der Waals surface area contributed by atoms with E-state index >= 15 is 0 Å². The summed E-state index contributed by atoms with van der Waals surface area (Å²) in [6.07, 6.45) is 4.42. The van der Waals surface area contributed by atoms with Gasteiger partial charge in [0.2, 0.25) is 0 Å². The average Bonchev–Trinajstić information content (AvgIpc) is 2.89. The lowest BCUT2D eigenvalue weighted by molar-refractivity contribution is 0.150. The van der Waals surface area contributed by atoms with Gasteiger partial charge in [-0.2, -0.15) is 0 Å². The Balaban J connectivity index is 1.48. The molecule has 0 atom stereocenters. The maximum Gasteiger partial charge on any atom is 0.319 e. The molecule has 1 aliphatic carbocycles. The summed E-state index contributed by atoms with van der Waals surface area (Å²) >= 11 is 0. The number of hydrogen-bond acceptors (Lipinski definition) is 2. The molecular formula is C17H25N3O. The van der Waals surface area contributed by atoms with Gasteiger partial charge in [0, 0.05) is 39.3 Å². The molecule has 4 nitrogen and oxygen atoms in total. The Hall–Kier alpha value is -1.55. The molecule has 0 aromatic heterocycles. The second-order valence-corrected chi connectivity index (χ2v) is 6.48. The standard InChI is InChI=1S/C17H25N3O/c1-19(2)17(21)20-9-7-15(8-10-20)18-16-11-13-5-3-4-6-14(13)12-16/h3-6,15-16,18H,7-12H2,1-2H3. The monoisotopic (exact) mass is 287 g/mol. The zero-order chi connectivity index (χ0) is 14.8. The van der Waals surface area contributed by atoms with E-state index in [-0.39, 0.29) is 6.03 Å². The van der Waals surface area contributed by atoms with Gasteiger partial charge in [-0.05, 0) is 36.8 Å². The summed E-state index contributed by atoms with van der Waals surface area (Å²) in [7, 11) is 3.64. The van der Waals surface area contributed by atoms with E-state index in [9.17, 15) is 4.79 Å². The summed E-state index contributed by atoms with van der Waals surface area (Å²) in [6.45, 7) is 1.74. The lowest BCUT2D eigenvalue weighted by atomic mass is 10.0. The van der Waals surface area contributed by atoms with Gasteiger partial charge in [-0.3, -0.25) is 0 Å². The van der Waals surface area contributed by atoms with Crippen molar-refractivity contribution < 1.29 is 4.79 Å². The van der Waals surface area contributed by atoms with Crippen LogP contribution in [0, 0.1) is 0 Å². The Kier molecular flexibility index (Phi) is 4.15. The Bertz CT molecular complexity index is 482. The van der Waals surface area contributed by atoms with Crippen molar-refractivity contribution in [2.45, 2.75) is 37.8 Å². The maximum absolute atomic E-state index is 11.9. The molecule has 1 aromatic carbocycles. The van der Waals surface area contributed by atoms with Crippen LogP contribution in [0.2, 0.25) is 0 Å². The van der Waals surface area contributed by atoms with E-state index in [2.05, 4.69) is 29.6 Å². The molecular weight excluding hydrogens is 262 g/mol. The Morgan fingerprint density at radius 2 is 1.67 bits per heavy atom. The largest absolute Gasteiger partial charge is 0.331 e. The fourth-order valence-corrected chi connectivity index (χ4v) is 3.53. The number of carbonyl (C=O) groups excluding carboxylic acids is 1. The van der Waals surface area contributed by atoms with Gasteiger partial charge in [-0.1, -0.05) is 24.3 Å². The van der Waals surface area contributed by atoms with Crippen molar-refractivity contribution in [1.29, 1.82) is 0 Å². The molecule has 1 saturated heterocycles. The number of fused-ring (bicyclic) bond motifs is 1. The molecule has 1 aromatic rings. The van der Waals surface area contributed by atoms with Gasteiger partial charge in [0.25, 0.3) is 0 Å². The van der Waals surface area contributed by atoms with Crippen LogP contribution in [0.1, 0.15) is 24.0 Å². The van der Waals surface area contributed by atoms with E-state index in [1.54, 1.807) is 4.90 Å². The predicted octanol–water partition coefficient (Wildman–Crippen LogP) is 1.89. The molecule has 2 amide bonds. The number of hydrogen-bond donors (Lipinski definition) is 1. The minimum Gasteiger partial charge on any atom is -0.331 e. The number of nitrogens with zero attached hydrogens (tertiary/aromatic N) is 2. The zero-order valence-corrected chi connectivity index (χ0v) is 13.0. The second-order valence-electron chi connectivity index (χ2n) is 6.48. The van der Waals surface area contributed by atoms with Crippen molar-refractivity contribution in [1.82, 2.24) is 15.1 Å². The summed E-state index contributed by atoms with van der Waals surface area (Å²) in [5.41, 5.74) is 2.99. The van der Waals surface area contributed by atoms with Crippen LogP contribution < -0.4 is 5.32 Å². The van der Waals surface area contributed by atoms with Crippen molar-refractivity contribution in [3.05, 3.63) is 35.4 Å². The van der Waals surface area contributed by atoms with Gasteiger partial charge < -0.3 is 15.1 Å². The number of likely N-dealkylation sites (tertiary alicyclic amines) is 1. The third kappa shape index (κ3) is 3.21. The smallest absolute Gasteiger partial charge is 0.319 e. The Labute approximate surface area is 127 Å². The minimum atomic E-state index is 0.140. The fraction of sp³-hybridized carbons (Fsp3) is 0.588. The van der Waals surface area contributed by atoms with Gasteiger partial charge in [-0.15, -0.1) is 0 Å². The van der Waals surface area contributed by atoms with E-state index < -0.39 is 0 Å². The van der Waals surface area contributed by atoms with Crippen LogP contribution >= 0.6 is 0 Å². The normalized spacial score (nSPS) is 19.6. The predicted molar refractivity (Wildman–Crippen MR) is 84.5 cm³/mol. The van der Waals surface area contributed by atoms with Crippen LogP contribution in [0.15, 0.2) is 24.3 Å². The number of urea groups is 1. The molecule has 1 aliphatic heterocycles. The minimum absolute atomic E-state index is 0.140. The van der Waals surface area contributed by atoms with Crippen LogP contribution in [0.25, 0.3) is 0 Å². The third-order valence-corrected chi connectivity index (χ3v) is 4.67. The van der Waals surface area contributed by atoms with E-state index in [0.717, 1.165) is 38.8 Å². The van der Waals surface area contributed by atoms with Gasteiger partial charge in [0.15, 0.2) is 0 Å². The summed E-state index contributed by atoms with van der Waals surface area (Å²) in [5.74, 6) is 0. The lowest BCUT2D eigenvalue weighted by Gasteiger charge is -2.35. The highest BCUT2D eigenvalue weighted by atomic mass is 16.2. The molecule has 1 fully saturated rings. The number of piperidine rings is 1. The van der Waals surface area contributed by atoms with Gasteiger partial charge in [0.1, 0.15) is 0 Å². The molecule has 114 valence electrons. The highest BCUT2D eigenvalue weighted by Gasteiger charge is 2.27. The number of carbonyl (C=O) groups is 1. The van der Waals surface area contributed by atoms with Crippen LogP contribution in [0.4, 0.5) is 4.79 Å². The first kappa shape index (κ1) is 14.4. The fourth-order valence-electron chi connectivity index (χ4n) is 3.53. The number of rotatable bonds is 2. The first-order valence-corrected chi connectivity index (χ1v) is 7.92. The summed E-state index contributed by atoms with van der Waals surface area (Å²) in [4.78, 5) is 15.6. The molecule has 21 heavy (non-hydrogen) atoms. The Morgan fingerprint density at radius 1 is 1.10 bits per heavy atom. The topological polar surface area (TPSA) is 35.6 Å². The van der Waals surface area contributed by atoms with E-state index in [1.807, 2.05) is 19.0 Å². The molecule has 3 rings (SSSR count). The highest BCUT2D eigenvalue weighted by molar-refractivity contribution is 5.73. The Morgan fingerprint density at radius 3 is 2.19 bits per heavy atom. The van der Waals surface area contributed by atoms with E-state index in [1.165, 1.54) is 11.1 Å². The summed E-state index contributed by atoms with van der Waals surface area (Å²) in [5, 5.41) is 3.80. The third-order valence-electron chi connectivity index (χ3n) is 4.67. The average molecular weight is 287 g/mol. The van der Waals surface area contributed by atoms with Crippen molar-refractivity contribution in [3.8, 4) is 0 Å².